The van der Waals surface area contributed by atoms with Crippen molar-refractivity contribution in [3.05, 3.63) is 104 Å². The molecule has 0 radical (unpaired) electrons. The molecule has 11 heteroatoms. The number of nitrogens with zero attached hydrogens (tertiary/aromatic N) is 2. The molecule has 2 saturated carbocycles. The van der Waals surface area contributed by atoms with Crippen LogP contribution in [0.1, 0.15) is 83.6 Å². The summed E-state index contributed by atoms with van der Waals surface area (Å²) < 4.78 is 42.9. The Morgan fingerprint density at radius 1 is 0.673 bits per heavy atom. The highest BCUT2D eigenvalue weighted by Gasteiger charge is 2.53. The molecule has 0 bridgehead atoms. The SMILES string of the molecule is CC(=O)Oc1cc2c(s1)CCN(C(c1ccccc1F)C(C(=O)C(C1CC1)C(c1ccccc1F)N1CCc3sc(OC(C)=O)cc3C1)C1CC1)C2. The molecule has 2 aliphatic carbocycles. The summed E-state index contributed by atoms with van der Waals surface area (Å²) in [7, 11) is 0. The fraction of sp³-hybridized carbons (Fsp3) is 0.439. The number of hydrogen-bond donors (Lipinski definition) is 0. The number of esters is 2. The van der Waals surface area contributed by atoms with Crippen LogP contribution >= 0.6 is 22.7 Å². The third kappa shape index (κ3) is 7.25. The Hall–Kier alpha value is -3.77. The third-order valence-electron chi connectivity index (χ3n) is 11.1. The summed E-state index contributed by atoms with van der Waals surface area (Å²) in [6.07, 6.45) is 4.95. The monoisotopic (exact) mass is 744 g/mol. The first kappa shape index (κ1) is 35.3. The maximum atomic E-state index is 16.0. The quantitative estimate of drug-likeness (QED) is 0.135. The van der Waals surface area contributed by atoms with Crippen molar-refractivity contribution in [1.29, 1.82) is 0 Å². The van der Waals surface area contributed by atoms with E-state index in [-0.39, 0.29) is 41.2 Å². The Bertz CT molecular complexity index is 1860. The lowest BCUT2D eigenvalue weighted by molar-refractivity contribution is -0.134. The molecule has 0 amide bonds. The molecule has 2 aromatic heterocycles. The number of carbonyl (C=O) groups is 3. The number of fused-ring (bicyclic) bond motifs is 2. The molecule has 0 saturated heterocycles. The molecule has 8 rings (SSSR count). The fourth-order valence-corrected chi connectivity index (χ4v) is 10.7. The van der Waals surface area contributed by atoms with E-state index < -0.39 is 23.9 Å². The van der Waals surface area contributed by atoms with E-state index in [9.17, 15) is 9.59 Å². The zero-order valence-electron chi connectivity index (χ0n) is 29.3. The summed E-state index contributed by atoms with van der Waals surface area (Å²) in [5.41, 5.74) is 3.10. The number of hydrogen-bond acceptors (Lipinski definition) is 9. The standard InChI is InChI=1S/C41H42F2N2O5S2/c1-23(46)49-35-19-27-21-44(17-15-33(27)51-35)39(29-7-3-5-9-31(29)42)37(25-11-12-25)41(48)38(26-13-14-26)40(30-8-4-6-10-32(30)43)45-18-16-34-28(22-45)20-36(52-34)50-24(2)47/h3-10,19-20,25-26,37-40H,11-18,21-22H2,1-2H3. The Kier molecular flexibility index (Phi) is 9.88. The van der Waals surface area contributed by atoms with Crippen molar-refractivity contribution >= 4 is 40.4 Å². The van der Waals surface area contributed by atoms with Gasteiger partial charge in [0.1, 0.15) is 17.4 Å². The van der Waals surface area contributed by atoms with Gasteiger partial charge in [0.15, 0.2) is 10.1 Å². The van der Waals surface area contributed by atoms with Crippen LogP contribution in [0, 0.1) is 35.3 Å². The molecule has 4 heterocycles. The highest BCUT2D eigenvalue weighted by Crippen LogP contribution is 2.54. The Balaban J connectivity index is 1.18. The summed E-state index contributed by atoms with van der Waals surface area (Å²) in [4.78, 5) is 45.9. The second kappa shape index (κ2) is 14.6. The minimum atomic E-state index is -0.509. The van der Waals surface area contributed by atoms with Gasteiger partial charge in [-0.1, -0.05) is 36.4 Å². The van der Waals surface area contributed by atoms with Gasteiger partial charge in [-0.15, -0.1) is 22.7 Å². The highest BCUT2D eigenvalue weighted by atomic mass is 32.1. The normalized spacial score (nSPS) is 19.9. The van der Waals surface area contributed by atoms with Gasteiger partial charge in [0.05, 0.1) is 0 Å². The van der Waals surface area contributed by atoms with Crippen LogP contribution < -0.4 is 9.47 Å². The smallest absolute Gasteiger partial charge is 0.308 e. The molecule has 0 spiro atoms. The first-order chi connectivity index (χ1) is 25.1. The van der Waals surface area contributed by atoms with Gasteiger partial charge < -0.3 is 9.47 Å². The van der Waals surface area contributed by atoms with E-state index in [1.165, 1.54) is 48.7 Å². The summed E-state index contributed by atoms with van der Waals surface area (Å²) in [5, 5.41) is 1.10. The Labute approximate surface area is 310 Å². The van der Waals surface area contributed by atoms with Gasteiger partial charge in [-0.25, -0.2) is 8.78 Å². The predicted octanol–water partition coefficient (Wildman–Crippen LogP) is 8.46. The minimum absolute atomic E-state index is 0.0937. The van der Waals surface area contributed by atoms with Gasteiger partial charge in [0.25, 0.3) is 0 Å². The van der Waals surface area contributed by atoms with E-state index in [0.29, 0.717) is 60.3 Å². The van der Waals surface area contributed by atoms with Crippen LogP contribution in [-0.2, 0) is 40.3 Å². The molecule has 4 unspecified atom stereocenters. The zero-order valence-corrected chi connectivity index (χ0v) is 30.9. The van der Waals surface area contributed by atoms with Crippen molar-refractivity contribution in [2.24, 2.45) is 23.7 Å². The second-order valence-corrected chi connectivity index (χ2v) is 16.9. The Morgan fingerprint density at radius 2 is 1.08 bits per heavy atom. The molecule has 2 fully saturated rings. The van der Waals surface area contributed by atoms with Crippen LogP contribution in [0.4, 0.5) is 8.78 Å². The largest absolute Gasteiger partial charge is 0.416 e. The third-order valence-corrected chi connectivity index (χ3v) is 13.3. The van der Waals surface area contributed by atoms with Crippen molar-refractivity contribution in [3.63, 3.8) is 0 Å². The summed E-state index contributed by atoms with van der Waals surface area (Å²) in [6.45, 7) is 5.05. The maximum Gasteiger partial charge on any atom is 0.308 e. The molecule has 7 nitrogen and oxygen atoms in total. The van der Waals surface area contributed by atoms with Gasteiger partial charge in [-0.3, -0.25) is 24.2 Å². The van der Waals surface area contributed by atoms with Crippen LogP contribution in [0.3, 0.4) is 0 Å². The van der Waals surface area contributed by atoms with Crippen molar-refractivity contribution in [2.75, 3.05) is 13.1 Å². The molecular weight excluding hydrogens is 703 g/mol. The number of carbonyl (C=O) groups excluding carboxylic acids is 3. The summed E-state index contributed by atoms with van der Waals surface area (Å²) >= 11 is 2.94. The molecule has 0 N–H and O–H groups in total. The van der Waals surface area contributed by atoms with Crippen LogP contribution in [0.15, 0.2) is 60.7 Å². The lowest BCUT2D eigenvalue weighted by Gasteiger charge is -2.43. The average molecular weight is 745 g/mol. The summed E-state index contributed by atoms with van der Waals surface area (Å²) in [6, 6.07) is 16.4. The molecule has 4 atom stereocenters. The van der Waals surface area contributed by atoms with E-state index in [0.717, 1.165) is 46.6 Å². The number of ether oxygens (including phenoxy) is 2. The molecule has 2 aliphatic heterocycles. The van der Waals surface area contributed by atoms with Crippen LogP contribution in [0.2, 0.25) is 0 Å². The molecule has 272 valence electrons. The van der Waals surface area contributed by atoms with Crippen LogP contribution in [0.5, 0.6) is 10.1 Å². The summed E-state index contributed by atoms with van der Waals surface area (Å²) in [5.74, 6) is -2.09. The van der Waals surface area contributed by atoms with Gasteiger partial charge in [-0.05, 0) is 85.8 Å². The zero-order chi connectivity index (χ0) is 36.1. The topological polar surface area (TPSA) is 76.2 Å². The van der Waals surface area contributed by atoms with Gasteiger partial charge >= 0.3 is 11.9 Å². The minimum Gasteiger partial charge on any atom is -0.416 e. The second-order valence-electron chi connectivity index (χ2n) is 14.7. The molecule has 52 heavy (non-hydrogen) atoms. The van der Waals surface area contributed by atoms with Crippen LogP contribution in [-0.4, -0.2) is 40.6 Å². The van der Waals surface area contributed by atoms with E-state index in [4.69, 9.17) is 9.47 Å². The number of benzene rings is 2. The molecular formula is C41H42F2N2O5S2. The average Bonchev–Trinajstić information content (AvgIpc) is 4.04. The molecule has 4 aliphatic rings. The number of rotatable bonds is 12. The van der Waals surface area contributed by atoms with Gasteiger partial charge in [-0.2, -0.15) is 0 Å². The van der Waals surface area contributed by atoms with Gasteiger partial charge in [0.2, 0.25) is 0 Å². The number of thiophene rings is 2. The number of halogens is 2. The lowest BCUT2D eigenvalue weighted by atomic mass is 9.73. The lowest BCUT2D eigenvalue weighted by Crippen LogP contribution is -2.47. The van der Waals surface area contributed by atoms with Crippen molar-refractivity contribution in [3.8, 4) is 10.1 Å². The van der Waals surface area contributed by atoms with Gasteiger partial charge in [0, 0.05) is 84.8 Å². The van der Waals surface area contributed by atoms with E-state index in [1.54, 1.807) is 12.1 Å². The van der Waals surface area contributed by atoms with Crippen molar-refractivity contribution in [1.82, 2.24) is 9.80 Å². The molecule has 4 aromatic rings. The first-order valence-corrected chi connectivity index (χ1v) is 19.9. The highest BCUT2D eigenvalue weighted by molar-refractivity contribution is 7.14. The Morgan fingerprint density at radius 3 is 1.44 bits per heavy atom. The molecule has 2 aromatic carbocycles. The fourth-order valence-electron chi connectivity index (χ4n) is 8.60. The van der Waals surface area contributed by atoms with Crippen LogP contribution in [0.25, 0.3) is 0 Å². The number of ketones is 1. The maximum absolute atomic E-state index is 16.0. The van der Waals surface area contributed by atoms with E-state index >= 15 is 13.6 Å². The van der Waals surface area contributed by atoms with Crippen molar-refractivity contribution in [2.45, 2.75) is 77.5 Å². The first-order valence-electron chi connectivity index (χ1n) is 18.2. The van der Waals surface area contributed by atoms with E-state index in [2.05, 4.69) is 9.80 Å². The van der Waals surface area contributed by atoms with Crippen molar-refractivity contribution < 1.29 is 32.6 Å². The number of Topliss-reactive ketones (excluding diaryl/α,β-unsaturated/α-hetero) is 1. The predicted molar refractivity (Wildman–Crippen MR) is 195 cm³/mol. The van der Waals surface area contributed by atoms with E-state index in [1.807, 2.05) is 36.4 Å².